The number of nitrogens with one attached hydrogen (secondary N) is 3. The number of nitrogens with zero attached hydrogens (tertiary/aromatic N) is 1. The molecule has 0 aromatic rings. The van der Waals surface area contributed by atoms with Gasteiger partial charge in [-0.05, 0) is 20.8 Å². The zero-order valence-electron chi connectivity index (χ0n) is 15.0. The fourth-order valence-electron chi connectivity index (χ4n) is 1.30. The van der Waals surface area contributed by atoms with Gasteiger partial charge in [0.2, 0.25) is 5.91 Å². The van der Waals surface area contributed by atoms with E-state index in [1.165, 1.54) is 0 Å². The minimum atomic E-state index is -0.360. The van der Waals surface area contributed by atoms with E-state index in [0.717, 1.165) is 12.5 Å². The van der Waals surface area contributed by atoms with Gasteiger partial charge >= 0.3 is 0 Å². The predicted octanol–water partition coefficient (Wildman–Crippen LogP) is 1.75. The van der Waals surface area contributed by atoms with E-state index < -0.39 is 0 Å². The summed E-state index contributed by atoms with van der Waals surface area (Å²) in [7, 11) is 1.68. The first-order chi connectivity index (χ1) is 9.62. The van der Waals surface area contributed by atoms with Crippen molar-refractivity contribution in [3.63, 3.8) is 0 Å². The Labute approximate surface area is 152 Å². The molecule has 0 aromatic heterocycles. The monoisotopic (exact) mass is 428 g/mol. The molecule has 0 radical (unpaired) electrons. The van der Waals surface area contributed by atoms with Gasteiger partial charge in [-0.3, -0.25) is 9.79 Å². The van der Waals surface area contributed by atoms with Crippen LogP contribution >= 0.6 is 24.0 Å². The maximum Gasteiger partial charge on any atom is 0.225 e. The van der Waals surface area contributed by atoms with Gasteiger partial charge in [-0.1, -0.05) is 20.8 Å². The number of hydrogen-bond donors (Lipinski definition) is 3. The number of rotatable bonds is 7. The van der Waals surface area contributed by atoms with Crippen molar-refractivity contribution in [1.29, 1.82) is 0 Å². The molecule has 1 amide bonds. The summed E-state index contributed by atoms with van der Waals surface area (Å²) >= 11 is 0. The number of guanidine groups is 1. The Hall–Kier alpha value is -0.570. The van der Waals surface area contributed by atoms with E-state index in [-0.39, 0.29) is 40.9 Å². The van der Waals surface area contributed by atoms with Crippen LogP contribution in [0.4, 0.5) is 0 Å². The van der Waals surface area contributed by atoms with E-state index in [1.54, 1.807) is 7.11 Å². The minimum absolute atomic E-state index is 0. The van der Waals surface area contributed by atoms with Gasteiger partial charge in [0.15, 0.2) is 5.96 Å². The van der Waals surface area contributed by atoms with Crippen molar-refractivity contribution < 1.29 is 9.53 Å². The van der Waals surface area contributed by atoms with Gasteiger partial charge < -0.3 is 20.7 Å². The Morgan fingerprint density at radius 3 is 2.05 bits per heavy atom. The molecule has 0 saturated heterocycles. The van der Waals surface area contributed by atoms with Crippen LogP contribution in [0.25, 0.3) is 0 Å². The van der Waals surface area contributed by atoms with Crippen molar-refractivity contribution in [3.8, 4) is 0 Å². The molecule has 0 aliphatic heterocycles. The molecule has 6 nitrogen and oxygen atoms in total. The second-order valence-electron chi connectivity index (χ2n) is 6.59. The highest BCUT2D eigenvalue weighted by Gasteiger charge is 2.20. The average Bonchev–Trinajstić information content (AvgIpc) is 2.39. The van der Waals surface area contributed by atoms with Crippen molar-refractivity contribution in [2.45, 2.75) is 47.1 Å². The SMILES string of the molecule is CCNC(=NCC(C)(C)OC)NCCNC(=O)C(C)(C)C.I. The number of hydrogen-bond acceptors (Lipinski definition) is 3. The predicted molar refractivity (Wildman–Crippen MR) is 103 cm³/mol. The van der Waals surface area contributed by atoms with E-state index >= 15 is 0 Å². The lowest BCUT2D eigenvalue weighted by Crippen LogP contribution is -2.44. The summed E-state index contributed by atoms with van der Waals surface area (Å²) in [6, 6.07) is 0. The number of aliphatic imine (C=N–C) groups is 1. The number of ether oxygens (including phenoxy) is 1. The fourth-order valence-corrected chi connectivity index (χ4v) is 1.30. The molecule has 0 bridgehead atoms. The molecule has 3 N–H and O–H groups in total. The van der Waals surface area contributed by atoms with Crippen LogP contribution in [0.3, 0.4) is 0 Å². The number of methoxy groups -OCH3 is 1. The normalized spacial score (nSPS) is 12.4. The van der Waals surface area contributed by atoms with Crippen LogP contribution in [0.2, 0.25) is 0 Å². The van der Waals surface area contributed by atoms with Gasteiger partial charge in [0.1, 0.15) is 0 Å². The molecule has 0 rings (SSSR count). The van der Waals surface area contributed by atoms with Crippen LogP contribution in [-0.2, 0) is 9.53 Å². The topological polar surface area (TPSA) is 74.8 Å². The van der Waals surface area contributed by atoms with E-state index in [4.69, 9.17) is 4.74 Å². The molecule has 0 aliphatic rings. The zero-order valence-corrected chi connectivity index (χ0v) is 17.3. The Kier molecular flexibility index (Phi) is 11.9. The van der Waals surface area contributed by atoms with Crippen molar-refractivity contribution >= 4 is 35.8 Å². The maximum absolute atomic E-state index is 11.7. The second-order valence-corrected chi connectivity index (χ2v) is 6.59. The molecule has 0 aliphatic carbocycles. The molecular formula is C15H33IN4O2. The zero-order chi connectivity index (χ0) is 16.5. The summed E-state index contributed by atoms with van der Waals surface area (Å²) in [5.74, 6) is 0.777. The van der Waals surface area contributed by atoms with Crippen LogP contribution in [0.15, 0.2) is 4.99 Å². The third-order valence-corrected chi connectivity index (χ3v) is 2.90. The van der Waals surface area contributed by atoms with E-state index in [0.29, 0.717) is 19.6 Å². The quantitative estimate of drug-likeness (QED) is 0.250. The minimum Gasteiger partial charge on any atom is -0.377 e. The van der Waals surface area contributed by atoms with Crippen molar-refractivity contribution in [2.75, 3.05) is 33.3 Å². The summed E-state index contributed by atoms with van der Waals surface area (Å²) < 4.78 is 5.34. The first kappa shape index (κ1) is 23.7. The molecule has 7 heteroatoms. The lowest BCUT2D eigenvalue weighted by atomic mass is 9.96. The number of amides is 1. The average molecular weight is 428 g/mol. The first-order valence-corrected chi connectivity index (χ1v) is 7.48. The largest absolute Gasteiger partial charge is 0.377 e. The number of halogens is 1. The van der Waals surface area contributed by atoms with Crippen LogP contribution in [-0.4, -0.2) is 50.8 Å². The lowest BCUT2D eigenvalue weighted by Gasteiger charge is -2.21. The summed E-state index contributed by atoms with van der Waals surface area (Å²) in [6.45, 7) is 14.2. The van der Waals surface area contributed by atoms with Crippen LogP contribution in [0, 0.1) is 5.41 Å². The van der Waals surface area contributed by atoms with Gasteiger partial charge in [-0.2, -0.15) is 0 Å². The maximum atomic E-state index is 11.7. The van der Waals surface area contributed by atoms with E-state index in [1.807, 2.05) is 41.5 Å². The van der Waals surface area contributed by atoms with Gasteiger partial charge in [-0.15, -0.1) is 24.0 Å². The van der Waals surface area contributed by atoms with E-state index in [2.05, 4.69) is 20.9 Å². The van der Waals surface area contributed by atoms with Crippen LogP contribution in [0.5, 0.6) is 0 Å². The molecular weight excluding hydrogens is 395 g/mol. The molecule has 0 saturated carbocycles. The van der Waals surface area contributed by atoms with Crippen molar-refractivity contribution in [2.24, 2.45) is 10.4 Å². The third-order valence-electron chi connectivity index (χ3n) is 2.90. The molecule has 22 heavy (non-hydrogen) atoms. The van der Waals surface area contributed by atoms with Gasteiger partial charge in [0.05, 0.1) is 12.1 Å². The fraction of sp³-hybridized carbons (Fsp3) is 0.867. The van der Waals surface area contributed by atoms with Gasteiger partial charge in [0.25, 0.3) is 0 Å². The Morgan fingerprint density at radius 1 is 1.05 bits per heavy atom. The van der Waals surface area contributed by atoms with Crippen LogP contribution in [0.1, 0.15) is 41.5 Å². The Morgan fingerprint density at radius 2 is 1.59 bits per heavy atom. The number of carbonyl (C=O) groups excluding carboxylic acids is 1. The molecule has 0 fully saturated rings. The third kappa shape index (κ3) is 11.1. The summed E-state index contributed by atoms with van der Waals surface area (Å²) in [5.41, 5.74) is -0.649. The molecule has 0 spiro atoms. The Balaban J connectivity index is 0. The standard InChI is InChI=1S/C15H32N4O2.HI/c1-8-16-13(19-11-15(5,6)21-7)18-10-9-17-12(20)14(2,3)4;/h8-11H2,1-7H3,(H,17,20)(H2,16,18,19);1H. The van der Waals surface area contributed by atoms with Crippen molar-refractivity contribution in [1.82, 2.24) is 16.0 Å². The highest BCUT2D eigenvalue weighted by atomic mass is 127. The highest BCUT2D eigenvalue weighted by Crippen LogP contribution is 2.11. The molecule has 0 unspecified atom stereocenters. The molecule has 0 heterocycles. The number of carbonyl (C=O) groups is 1. The molecule has 132 valence electrons. The van der Waals surface area contributed by atoms with Gasteiger partial charge in [-0.25, -0.2) is 0 Å². The van der Waals surface area contributed by atoms with E-state index in [9.17, 15) is 4.79 Å². The van der Waals surface area contributed by atoms with Gasteiger partial charge in [0, 0.05) is 32.2 Å². The molecule has 0 aromatic carbocycles. The summed E-state index contributed by atoms with van der Waals surface area (Å²) in [4.78, 5) is 16.2. The highest BCUT2D eigenvalue weighted by molar-refractivity contribution is 14.0. The van der Waals surface area contributed by atoms with Crippen molar-refractivity contribution in [3.05, 3.63) is 0 Å². The second kappa shape index (κ2) is 11.0. The Bertz CT molecular complexity index is 352. The molecule has 0 atom stereocenters. The smallest absolute Gasteiger partial charge is 0.225 e. The first-order valence-electron chi connectivity index (χ1n) is 7.48. The summed E-state index contributed by atoms with van der Waals surface area (Å²) in [5, 5.41) is 9.26. The lowest BCUT2D eigenvalue weighted by molar-refractivity contribution is -0.128. The summed E-state index contributed by atoms with van der Waals surface area (Å²) in [6.07, 6.45) is 0. The van der Waals surface area contributed by atoms with Crippen LogP contribution < -0.4 is 16.0 Å².